The van der Waals surface area contributed by atoms with Crippen LogP contribution in [-0.4, -0.2) is 24.7 Å². The van der Waals surface area contributed by atoms with Crippen LogP contribution >= 0.6 is 18.9 Å². The van der Waals surface area contributed by atoms with Crippen molar-refractivity contribution in [3.05, 3.63) is 12.2 Å². The third-order valence-corrected chi connectivity index (χ3v) is 7.23. The zero-order valence-electron chi connectivity index (χ0n) is 17.4. The van der Waals surface area contributed by atoms with E-state index in [-0.39, 0.29) is 27.5 Å². The van der Waals surface area contributed by atoms with Crippen molar-refractivity contribution >= 4 is 18.9 Å². The Morgan fingerprint density at radius 2 is 2.04 bits per heavy atom. The van der Waals surface area contributed by atoms with E-state index in [2.05, 4.69) is 28.5 Å². The fourth-order valence-electron chi connectivity index (χ4n) is 4.99. The molecule has 2 saturated carbocycles. The average molecular weight is 405 g/mol. The monoisotopic (exact) mass is 404 g/mol. The highest BCUT2D eigenvalue weighted by Gasteiger charge is 2.42. The zero-order chi connectivity index (χ0) is 19.5. The largest absolute Gasteiger partial charge is 0.393 e. The highest BCUT2D eigenvalue weighted by Crippen LogP contribution is 2.42. The maximum atomic E-state index is 10.6. The number of aliphatic hydroxyl groups is 1. The van der Waals surface area contributed by atoms with Crippen LogP contribution < -0.4 is 0 Å². The molecule has 7 atom stereocenters. The first-order chi connectivity index (χ1) is 13.2. The Kier molecular flexibility index (Phi) is 10.5. The number of aliphatic hydroxyl groups excluding tert-OH is 1. The van der Waals surface area contributed by atoms with E-state index in [4.69, 9.17) is 10.3 Å². The molecule has 0 spiro atoms. The number of unbranched alkanes of at least 4 members (excludes halogenated alkanes) is 2. The van der Waals surface area contributed by atoms with E-state index in [1.165, 1.54) is 44.9 Å². The summed E-state index contributed by atoms with van der Waals surface area (Å²) < 4.78 is 19.0. The normalized spacial score (nSPS) is 32.7. The van der Waals surface area contributed by atoms with Gasteiger partial charge in [0, 0.05) is 25.3 Å². The van der Waals surface area contributed by atoms with E-state index in [0.717, 1.165) is 25.7 Å². The molecule has 152 valence electrons. The van der Waals surface area contributed by atoms with Crippen LogP contribution in [0, 0.1) is 17.8 Å². The molecule has 2 rings (SSSR count). The average Bonchev–Trinajstić information content (AvgIpc) is 2.98. The van der Waals surface area contributed by atoms with Crippen molar-refractivity contribution < 1.29 is 14.2 Å². The number of hydrogen-bond donors (Lipinski definition) is 1. The van der Waals surface area contributed by atoms with Crippen LogP contribution in [0.2, 0.25) is 0 Å². The molecule has 2 aliphatic rings. The summed E-state index contributed by atoms with van der Waals surface area (Å²) in [5.74, 6) is 1.26. The van der Waals surface area contributed by atoms with Crippen LogP contribution in [-0.2, 0) is 9.05 Å². The molecule has 0 aromatic heterocycles. The van der Waals surface area contributed by atoms with Gasteiger partial charge in [-0.1, -0.05) is 51.2 Å². The van der Waals surface area contributed by atoms with Gasteiger partial charge in [-0.2, -0.15) is 0 Å². The van der Waals surface area contributed by atoms with Gasteiger partial charge < -0.3 is 14.2 Å². The second-order valence-electron chi connectivity index (χ2n) is 8.29. The van der Waals surface area contributed by atoms with E-state index >= 15 is 0 Å². The molecule has 0 bridgehead atoms. The molecular formula is C21H40O3P2. The fourth-order valence-corrected chi connectivity index (χ4v) is 5.62. The van der Waals surface area contributed by atoms with Crippen molar-refractivity contribution in [3.8, 4) is 0 Å². The molecule has 3 nitrogen and oxygen atoms in total. The Balaban J connectivity index is 1.93. The van der Waals surface area contributed by atoms with Crippen molar-refractivity contribution in [1.82, 2.24) is 0 Å². The topological polar surface area (TPSA) is 38.7 Å². The van der Waals surface area contributed by atoms with Gasteiger partial charge in [-0.3, -0.25) is 0 Å². The first-order valence-corrected chi connectivity index (χ1v) is 11.6. The Morgan fingerprint density at radius 1 is 1.23 bits per heavy atom. The molecule has 2 unspecified atom stereocenters. The van der Waals surface area contributed by atoms with Crippen LogP contribution in [0.25, 0.3) is 0 Å². The zero-order valence-corrected chi connectivity index (χ0v) is 18.6. The SMILES string of the molecule is [3H]PO[C@@H]1C[C@H](O)[C@H](C/C=C\CCCC)[C@H]1CC[C@H](OP)C1CCCCC1. The molecule has 0 aromatic carbocycles. The summed E-state index contributed by atoms with van der Waals surface area (Å²) >= 11 is 0. The molecule has 0 amide bonds. The fraction of sp³-hybridized carbons (Fsp3) is 0.905. The lowest BCUT2D eigenvalue weighted by molar-refractivity contribution is 0.0860. The summed E-state index contributed by atoms with van der Waals surface area (Å²) in [6, 6.07) is 0. The molecule has 0 aliphatic heterocycles. The predicted molar refractivity (Wildman–Crippen MR) is 116 cm³/mol. The minimum absolute atomic E-state index is 0.0291. The standard InChI is InChI=1S/C21H40O3P2/c1-2-3-4-5-9-12-17-18(21(24-26)15-19(17)22)13-14-20(23-25)16-10-7-6-8-11-16/h5,9,16-22H,2-4,6-8,10-15,25-26H2,1H3/b9-5-/t17-,18-,19+,20+,21-/m1/s1/i26T/t17-,18-,19+,20+,21-,26?. The molecular weight excluding hydrogens is 362 g/mol. The molecule has 2 fully saturated rings. The van der Waals surface area contributed by atoms with Gasteiger partial charge in [-0.15, -0.1) is 0 Å². The van der Waals surface area contributed by atoms with E-state index < -0.39 is 0 Å². The van der Waals surface area contributed by atoms with Crippen LogP contribution in [0.3, 0.4) is 0 Å². The molecule has 0 heterocycles. The van der Waals surface area contributed by atoms with E-state index in [0.29, 0.717) is 24.4 Å². The lowest BCUT2D eigenvalue weighted by Crippen LogP contribution is -2.27. The summed E-state index contributed by atoms with van der Waals surface area (Å²) in [5, 5.41) is 10.6. The molecule has 2 aliphatic carbocycles. The Labute approximate surface area is 166 Å². The first kappa shape index (κ1) is 21.2. The quantitative estimate of drug-likeness (QED) is 0.253. The minimum Gasteiger partial charge on any atom is -0.393 e. The molecule has 5 heteroatoms. The van der Waals surface area contributed by atoms with Gasteiger partial charge in [-0.05, 0) is 56.3 Å². The van der Waals surface area contributed by atoms with Crippen molar-refractivity contribution in [1.29, 1.82) is 1.28 Å². The van der Waals surface area contributed by atoms with Crippen molar-refractivity contribution in [2.45, 2.75) is 102 Å². The van der Waals surface area contributed by atoms with E-state index in [1.807, 2.05) is 0 Å². The van der Waals surface area contributed by atoms with Gasteiger partial charge in [0.05, 0.1) is 19.6 Å². The van der Waals surface area contributed by atoms with E-state index in [1.54, 1.807) is 0 Å². The third-order valence-electron chi connectivity index (χ3n) is 6.58. The molecule has 26 heavy (non-hydrogen) atoms. The lowest BCUT2D eigenvalue weighted by Gasteiger charge is -2.31. The second kappa shape index (κ2) is 12.8. The molecule has 0 saturated heterocycles. The summed E-state index contributed by atoms with van der Waals surface area (Å²) in [4.78, 5) is 0. The van der Waals surface area contributed by atoms with Crippen LogP contribution in [0.4, 0.5) is 0 Å². The van der Waals surface area contributed by atoms with Gasteiger partial charge in [0.25, 0.3) is 0 Å². The van der Waals surface area contributed by atoms with Crippen molar-refractivity contribution in [2.75, 3.05) is 0 Å². The summed E-state index contributed by atoms with van der Waals surface area (Å²) in [6.45, 7) is 2.21. The van der Waals surface area contributed by atoms with Crippen LogP contribution in [0.15, 0.2) is 12.2 Å². The maximum absolute atomic E-state index is 10.6. The van der Waals surface area contributed by atoms with Gasteiger partial charge in [0.1, 0.15) is 0 Å². The van der Waals surface area contributed by atoms with Gasteiger partial charge >= 0.3 is 0 Å². The van der Waals surface area contributed by atoms with Crippen LogP contribution in [0.5, 0.6) is 0 Å². The van der Waals surface area contributed by atoms with Gasteiger partial charge in [0.2, 0.25) is 0 Å². The first-order valence-electron chi connectivity index (χ1n) is 11.2. The molecule has 0 aromatic rings. The van der Waals surface area contributed by atoms with Gasteiger partial charge in [-0.25, -0.2) is 0 Å². The highest BCUT2D eigenvalue weighted by molar-refractivity contribution is 7.10. The Morgan fingerprint density at radius 3 is 2.73 bits per heavy atom. The molecule has 1 N–H and O–H groups in total. The molecule has 0 radical (unpaired) electrons. The Bertz CT molecular complexity index is 418. The summed E-state index contributed by atoms with van der Waals surface area (Å²) in [5.41, 5.74) is 0. The van der Waals surface area contributed by atoms with Crippen LogP contribution in [0.1, 0.15) is 84.0 Å². The smallest absolute Gasteiger partial charge is 0.0851 e. The minimum atomic E-state index is -0.308. The predicted octanol–water partition coefficient (Wildman–Crippen LogP) is 5.83. The van der Waals surface area contributed by atoms with Crippen molar-refractivity contribution in [3.63, 3.8) is 0 Å². The summed E-state index contributed by atoms with van der Waals surface area (Å²) in [6.07, 6.45) is 18.4. The Hall–Kier alpha value is 0.480. The number of hydrogen-bond acceptors (Lipinski definition) is 3. The van der Waals surface area contributed by atoms with Gasteiger partial charge in [0.15, 0.2) is 0 Å². The maximum Gasteiger partial charge on any atom is 0.0851 e. The highest BCUT2D eigenvalue weighted by atomic mass is 31.0. The lowest BCUT2D eigenvalue weighted by atomic mass is 9.80. The second-order valence-corrected chi connectivity index (χ2v) is 8.79. The van der Waals surface area contributed by atoms with E-state index in [9.17, 15) is 5.11 Å². The number of rotatable bonds is 12. The van der Waals surface area contributed by atoms with Crippen molar-refractivity contribution in [2.24, 2.45) is 17.8 Å². The summed E-state index contributed by atoms with van der Waals surface area (Å²) in [7, 11) is 2.24. The number of allylic oxidation sites excluding steroid dienone is 2. The third kappa shape index (κ3) is 6.82.